The lowest BCUT2D eigenvalue weighted by Crippen LogP contribution is -2.14. The second-order valence-corrected chi connectivity index (χ2v) is 7.56. The van der Waals surface area contributed by atoms with E-state index in [1.54, 1.807) is 24.3 Å². The van der Waals surface area contributed by atoms with E-state index in [0.717, 1.165) is 4.47 Å². The summed E-state index contributed by atoms with van der Waals surface area (Å²) in [5, 5.41) is 0. The molecule has 21 heavy (non-hydrogen) atoms. The zero-order chi connectivity index (χ0) is 15.6. The summed E-state index contributed by atoms with van der Waals surface area (Å²) in [6, 6.07) is 9.50. The molecule has 0 aliphatic heterocycles. The SMILES string of the molecule is COc1cc(NS(=O)(=O)c2ccc(Br)cc2N)ccc1Br. The van der Waals surface area contributed by atoms with Gasteiger partial charge in [-0.15, -0.1) is 0 Å². The monoisotopic (exact) mass is 434 g/mol. The van der Waals surface area contributed by atoms with Gasteiger partial charge in [0.1, 0.15) is 10.6 Å². The average Bonchev–Trinajstić information content (AvgIpc) is 2.40. The molecule has 2 rings (SSSR count). The van der Waals surface area contributed by atoms with Crippen LogP contribution >= 0.6 is 31.9 Å². The minimum atomic E-state index is -3.77. The van der Waals surface area contributed by atoms with E-state index in [9.17, 15) is 8.42 Å². The second kappa shape index (κ2) is 6.25. The van der Waals surface area contributed by atoms with Crippen LogP contribution < -0.4 is 15.2 Å². The van der Waals surface area contributed by atoms with Gasteiger partial charge >= 0.3 is 0 Å². The summed E-state index contributed by atoms with van der Waals surface area (Å²) in [6.45, 7) is 0. The van der Waals surface area contributed by atoms with Gasteiger partial charge in [0.15, 0.2) is 0 Å². The fourth-order valence-electron chi connectivity index (χ4n) is 1.70. The van der Waals surface area contributed by atoms with E-state index in [1.807, 2.05) is 0 Å². The lowest BCUT2D eigenvalue weighted by atomic mass is 10.3. The van der Waals surface area contributed by atoms with Crippen molar-refractivity contribution in [3.8, 4) is 5.75 Å². The molecule has 3 N–H and O–H groups in total. The third kappa shape index (κ3) is 3.69. The molecule has 8 heteroatoms. The molecule has 0 unspecified atom stereocenters. The molecule has 2 aromatic rings. The molecule has 0 spiro atoms. The topological polar surface area (TPSA) is 81.4 Å². The Balaban J connectivity index is 2.37. The molecule has 0 bridgehead atoms. The smallest absolute Gasteiger partial charge is 0.263 e. The van der Waals surface area contributed by atoms with E-state index in [4.69, 9.17) is 10.5 Å². The van der Waals surface area contributed by atoms with Crippen molar-refractivity contribution in [2.24, 2.45) is 0 Å². The average molecular weight is 436 g/mol. The van der Waals surface area contributed by atoms with E-state index in [2.05, 4.69) is 36.6 Å². The maximum absolute atomic E-state index is 12.4. The lowest BCUT2D eigenvalue weighted by molar-refractivity contribution is 0.412. The summed E-state index contributed by atoms with van der Waals surface area (Å²) in [5.74, 6) is 0.527. The van der Waals surface area contributed by atoms with Crippen LogP contribution in [-0.4, -0.2) is 15.5 Å². The molecular weight excluding hydrogens is 424 g/mol. The van der Waals surface area contributed by atoms with Crippen LogP contribution in [0.4, 0.5) is 11.4 Å². The first-order chi connectivity index (χ1) is 9.83. The van der Waals surface area contributed by atoms with Crippen LogP contribution in [-0.2, 0) is 10.0 Å². The zero-order valence-corrected chi connectivity index (χ0v) is 14.9. The van der Waals surface area contributed by atoms with Gasteiger partial charge in [0, 0.05) is 10.5 Å². The predicted molar refractivity (Wildman–Crippen MR) is 90.1 cm³/mol. The fourth-order valence-corrected chi connectivity index (χ4v) is 3.65. The Morgan fingerprint density at radius 2 is 1.86 bits per heavy atom. The first kappa shape index (κ1) is 16.1. The Morgan fingerprint density at radius 1 is 1.14 bits per heavy atom. The van der Waals surface area contributed by atoms with Gasteiger partial charge in [-0.1, -0.05) is 15.9 Å². The van der Waals surface area contributed by atoms with Gasteiger partial charge in [-0.2, -0.15) is 0 Å². The van der Waals surface area contributed by atoms with Gasteiger partial charge in [0.2, 0.25) is 0 Å². The molecular formula is C13H12Br2N2O3S. The molecule has 0 atom stereocenters. The summed E-state index contributed by atoms with van der Waals surface area (Å²) in [7, 11) is -2.26. The number of sulfonamides is 1. The number of nitrogen functional groups attached to an aromatic ring is 1. The van der Waals surface area contributed by atoms with Crippen molar-refractivity contribution in [2.45, 2.75) is 4.90 Å². The molecule has 0 aliphatic rings. The number of rotatable bonds is 4. The fraction of sp³-hybridized carbons (Fsp3) is 0.0769. The van der Waals surface area contributed by atoms with E-state index in [0.29, 0.717) is 15.9 Å². The highest BCUT2D eigenvalue weighted by molar-refractivity contribution is 9.10. The van der Waals surface area contributed by atoms with E-state index in [-0.39, 0.29) is 10.6 Å². The second-order valence-electron chi connectivity index (χ2n) is 4.14. The molecule has 0 aliphatic carbocycles. The first-order valence-corrected chi connectivity index (χ1v) is 8.82. The quantitative estimate of drug-likeness (QED) is 0.718. The maximum atomic E-state index is 12.4. The molecule has 0 radical (unpaired) electrons. The molecule has 2 aromatic carbocycles. The van der Waals surface area contributed by atoms with Crippen molar-refractivity contribution in [3.63, 3.8) is 0 Å². The van der Waals surface area contributed by atoms with Crippen molar-refractivity contribution in [3.05, 3.63) is 45.3 Å². The zero-order valence-electron chi connectivity index (χ0n) is 10.9. The number of nitrogens with two attached hydrogens (primary N) is 1. The predicted octanol–water partition coefficient (Wildman–Crippen LogP) is 3.60. The highest BCUT2D eigenvalue weighted by Gasteiger charge is 2.18. The molecule has 0 saturated heterocycles. The van der Waals surface area contributed by atoms with Crippen molar-refractivity contribution in [2.75, 3.05) is 17.6 Å². The van der Waals surface area contributed by atoms with Crippen molar-refractivity contribution >= 4 is 53.3 Å². The molecule has 112 valence electrons. The number of benzene rings is 2. The summed E-state index contributed by atoms with van der Waals surface area (Å²) in [5.41, 5.74) is 6.31. The number of halogens is 2. The third-order valence-electron chi connectivity index (χ3n) is 2.66. The molecule has 0 amide bonds. The van der Waals surface area contributed by atoms with Gasteiger partial charge < -0.3 is 10.5 Å². The largest absolute Gasteiger partial charge is 0.495 e. The first-order valence-electron chi connectivity index (χ1n) is 5.75. The van der Waals surface area contributed by atoms with Gasteiger partial charge in [-0.05, 0) is 46.3 Å². The summed E-state index contributed by atoms with van der Waals surface area (Å²) >= 11 is 6.55. The number of nitrogens with one attached hydrogen (secondary N) is 1. The van der Waals surface area contributed by atoms with Gasteiger partial charge in [0.05, 0.1) is 23.0 Å². The van der Waals surface area contributed by atoms with Crippen LogP contribution in [0.3, 0.4) is 0 Å². The van der Waals surface area contributed by atoms with Crippen LogP contribution in [0.2, 0.25) is 0 Å². The number of anilines is 2. The number of methoxy groups -OCH3 is 1. The minimum absolute atomic E-state index is 0.0209. The van der Waals surface area contributed by atoms with Crippen LogP contribution in [0, 0.1) is 0 Å². The van der Waals surface area contributed by atoms with Crippen LogP contribution in [0.15, 0.2) is 50.2 Å². The standard InChI is InChI=1S/C13H12Br2N2O3S/c1-20-12-7-9(3-4-10(12)15)17-21(18,19)13-5-2-8(14)6-11(13)16/h2-7,17H,16H2,1H3. The number of hydrogen-bond acceptors (Lipinski definition) is 4. The van der Waals surface area contributed by atoms with Crippen LogP contribution in [0.25, 0.3) is 0 Å². The van der Waals surface area contributed by atoms with Gasteiger partial charge in [-0.3, -0.25) is 4.72 Å². The molecule has 5 nitrogen and oxygen atoms in total. The van der Waals surface area contributed by atoms with E-state index in [1.165, 1.54) is 19.2 Å². The molecule has 0 saturated carbocycles. The maximum Gasteiger partial charge on any atom is 0.263 e. The number of hydrogen-bond donors (Lipinski definition) is 2. The summed E-state index contributed by atoms with van der Waals surface area (Å²) in [6.07, 6.45) is 0. The molecule has 0 aromatic heterocycles. The molecule has 0 fully saturated rings. The Morgan fingerprint density at radius 3 is 2.48 bits per heavy atom. The van der Waals surface area contributed by atoms with Crippen LogP contribution in [0.5, 0.6) is 5.75 Å². The highest BCUT2D eigenvalue weighted by Crippen LogP contribution is 2.30. The normalized spacial score (nSPS) is 11.2. The van der Waals surface area contributed by atoms with Crippen molar-refractivity contribution in [1.82, 2.24) is 0 Å². The number of ether oxygens (including phenoxy) is 1. The Labute approximate surface area is 139 Å². The van der Waals surface area contributed by atoms with Gasteiger partial charge in [0.25, 0.3) is 10.0 Å². The van der Waals surface area contributed by atoms with Crippen molar-refractivity contribution in [1.29, 1.82) is 0 Å². The summed E-state index contributed by atoms with van der Waals surface area (Å²) in [4.78, 5) is 0.0209. The van der Waals surface area contributed by atoms with Crippen molar-refractivity contribution < 1.29 is 13.2 Å². The van der Waals surface area contributed by atoms with Gasteiger partial charge in [-0.25, -0.2) is 8.42 Å². The Bertz CT molecular complexity index is 779. The summed E-state index contributed by atoms with van der Waals surface area (Å²) < 4.78 is 33.8. The Hall–Kier alpha value is -1.25. The highest BCUT2D eigenvalue weighted by atomic mass is 79.9. The minimum Gasteiger partial charge on any atom is -0.495 e. The third-order valence-corrected chi connectivity index (χ3v) is 5.27. The molecule has 0 heterocycles. The Kier molecular flexibility index (Phi) is 4.80. The lowest BCUT2D eigenvalue weighted by Gasteiger charge is -2.12. The van der Waals surface area contributed by atoms with Crippen LogP contribution in [0.1, 0.15) is 0 Å². The van der Waals surface area contributed by atoms with E-state index >= 15 is 0 Å². The van der Waals surface area contributed by atoms with E-state index < -0.39 is 10.0 Å².